The highest BCUT2D eigenvalue weighted by Crippen LogP contribution is 2.22. The van der Waals surface area contributed by atoms with Gasteiger partial charge < -0.3 is 4.74 Å². The van der Waals surface area contributed by atoms with Gasteiger partial charge in [-0.05, 0) is 49.1 Å². The van der Waals surface area contributed by atoms with E-state index in [9.17, 15) is 14.8 Å². The fourth-order valence-corrected chi connectivity index (χ4v) is 2.49. The summed E-state index contributed by atoms with van der Waals surface area (Å²) < 4.78 is 4.99. The Kier molecular flexibility index (Phi) is 6.69. The highest BCUT2D eigenvalue weighted by Gasteiger charge is 2.08. The van der Waals surface area contributed by atoms with Crippen LogP contribution in [0.15, 0.2) is 60.3 Å². The quantitative estimate of drug-likeness (QED) is 0.480. The summed E-state index contributed by atoms with van der Waals surface area (Å²) in [6.45, 7) is 5.11. The van der Waals surface area contributed by atoms with E-state index in [-0.39, 0.29) is 5.97 Å². The Morgan fingerprint density at radius 3 is 2.38 bits per heavy atom. The van der Waals surface area contributed by atoms with Crippen molar-refractivity contribution in [3.63, 3.8) is 0 Å². The van der Waals surface area contributed by atoms with E-state index >= 15 is 0 Å². The highest BCUT2D eigenvalue weighted by atomic mass is 16.5. The van der Waals surface area contributed by atoms with E-state index in [4.69, 9.17) is 4.74 Å². The van der Waals surface area contributed by atoms with Gasteiger partial charge in [-0.25, -0.2) is 4.79 Å². The van der Waals surface area contributed by atoms with E-state index in [2.05, 4.69) is 0 Å². The maximum absolute atomic E-state index is 11.7. The third kappa shape index (κ3) is 5.04. The van der Waals surface area contributed by atoms with Crippen LogP contribution >= 0.6 is 0 Å². The first kappa shape index (κ1) is 19.4. The van der Waals surface area contributed by atoms with Crippen LogP contribution in [0.2, 0.25) is 0 Å². The Bertz CT molecular complexity index is 809. The molecule has 26 heavy (non-hydrogen) atoms. The molecular formula is C21H23NO4. The van der Waals surface area contributed by atoms with E-state index < -0.39 is 5.91 Å². The van der Waals surface area contributed by atoms with Crippen molar-refractivity contribution in [1.29, 1.82) is 0 Å². The monoisotopic (exact) mass is 353 g/mol. The number of esters is 1. The Morgan fingerprint density at radius 2 is 1.77 bits per heavy atom. The van der Waals surface area contributed by atoms with E-state index in [1.165, 1.54) is 6.92 Å². The van der Waals surface area contributed by atoms with Crippen LogP contribution in [0, 0.1) is 0 Å². The van der Waals surface area contributed by atoms with Crippen molar-refractivity contribution in [2.24, 2.45) is 0 Å². The maximum atomic E-state index is 11.7. The minimum atomic E-state index is -0.422. The smallest absolute Gasteiger partial charge is 0.338 e. The third-order valence-corrected chi connectivity index (χ3v) is 3.92. The number of amides is 1. The van der Waals surface area contributed by atoms with Crippen LogP contribution in [0.3, 0.4) is 0 Å². The van der Waals surface area contributed by atoms with Crippen LogP contribution in [-0.4, -0.2) is 28.8 Å². The van der Waals surface area contributed by atoms with Gasteiger partial charge in [0.15, 0.2) is 0 Å². The molecule has 0 spiro atoms. The van der Waals surface area contributed by atoms with Crippen molar-refractivity contribution in [3.05, 3.63) is 71.4 Å². The standard InChI is InChI=1S/C21H23NO4/c1-4-26-21(24)19-12-10-18(11-13-19)20-7-5-6-17(14-20)9-8-15(2)22(25)16(3)23/h5-8,10-14,25H,4,9H2,1-3H3. The van der Waals surface area contributed by atoms with Crippen molar-refractivity contribution in [3.8, 4) is 11.1 Å². The van der Waals surface area contributed by atoms with E-state index in [1.807, 2.05) is 36.4 Å². The molecule has 1 amide bonds. The lowest BCUT2D eigenvalue weighted by atomic mass is 10.0. The molecule has 0 saturated heterocycles. The molecule has 2 aromatic rings. The van der Waals surface area contributed by atoms with Crippen LogP contribution < -0.4 is 0 Å². The lowest BCUT2D eigenvalue weighted by molar-refractivity contribution is -0.154. The molecule has 0 heterocycles. The highest BCUT2D eigenvalue weighted by molar-refractivity contribution is 5.90. The van der Waals surface area contributed by atoms with Crippen molar-refractivity contribution in [1.82, 2.24) is 5.06 Å². The second kappa shape index (κ2) is 8.97. The summed E-state index contributed by atoms with van der Waals surface area (Å²) in [5.74, 6) is -0.748. The summed E-state index contributed by atoms with van der Waals surface area (Å²) in [6, 6.07) is 15.2. The molecule has 5 heteroatoms. The molecule has 136 valence electrons. The zero-order chi connectivity index (χ0) is 19.1. The fraction of sp³-hybridized carbons (Fsp3) is 0.238. The average molecular weight is 353 g/mol. The summed E-state index contributed by atoms with van der Waals surface area (Å²) in [6.07, 6.45) is 2.38. The predicted molar refractivity (Wildman–Crippen MR) is 99.6 cm³/mol. The first-order valence-electron chi connectivity index (χ1n) is 8.45. The predicted octanol–water partition coefficient (Wildman–Crippen LogP) is 4.21. The number of carbonyl (C=O) groups is 2. The van der Waals surface area contributed by atoms with E-state index in [0.29, 0.717) is 29.4 Å². The molecule has 0 unspecified atom stereocenters. The second-order valence-corrected chi connectivity index (χ2v) is 5.88. The number of allylic oxidation sites excluding steroid dienone is 2. The number of hydrogen-bond donors (Lipinski definition) is 1. The summed E-state index contributed by atoms with van der Waals surface area (Å²) in [5.41, 5.74) is 4.08. The molecule has 2 rings (SSSR count). The maximum Gasteiger partial charge on any atom is 0.338 e. The minimum Gasteiger partial charge on any atom is -0.462 e. The molecule has 5 nitrogen and oxygen atoms in total. The number of carbonyl (C=O) groups excluding carboxylic acids is 2. The molecule has 0 aliphatic carbocycles. The van der Waals surface area contributed by atoms with Gasteiger partial charge in [0, 0.05) is 12.6 Å². The summed E-state index contributed by atoms with van der Waals surface area (Å²) >= 11 is 0. The van der Waals surface area contributed by atoms with Gasteiger partial charge >= 0.3 is 5.97 Å². The molecule has 0 aliphatic rings. The lowest BCUT2D eigenvalue weighted by Gasteiger charge is -2.12. The van der Waals surface area contributed by atoms with Crippen LogP contribution in [0.5, 0.6) is 0 Å². The van der Waals surface area contributed by atoms with Crippen LogP contribution in [0.4, 0.5) is 0 Å². The van der Waals surface area contributed by atoms with Gasteiger partial charge in [0.1, 0.15) is 0 Å². The largest absolute Gasteiger partial charge is 0.462 e. The third-order valence-electron chi connectivity index (χ3n) is 3.92. The SMILES string of the molecule is CCOC(=O)c1ccc(-c2cccc(CC=C(C)N(O)C(C)=O)c2)cc1. The van der Waals surface area contributed by atoms with Crippen LogP contribution in [0.1, 0.15) is 36.7 Å². The molecule has 0 saturated carbocycles. The van der Waals surface area contributed by atoms with Crippen molar-refractivity contribution in [2.45, 2.75) is 27.2 Å². The van der Waals surface area contributed by atoms with Crippen LogP contribution in [0.25, 0.3) is 11.1 Å². The summed E-state index contributed by atoms with van der Waals surface area (Å²) in [7, 11) is 0. The first-order chi connectivity index (χ1) is 12.4. The number of nitrogens with zero attached hydrogens (tertiary/aromatic N) is 1. The lowest BCUT2D eigenvalue weighted by Crippen LogP contribution is -2.22. The zero-order valence-corrected chi connectivity index (χ0v) is 15.2. The molecular weight excluding hydrogens is 330 g/mol. The average Bonchev–Trinajstić information content (AvgIpc) is 2.66. The molecule has 0 aromatic heterocycles. The zero-order valence-electron chi connectivity index (χ0n) is 15.2. The molecule has 0 fully saturated rings. The number of hydroxylamine groups is 2. The Labute approximate surface area is 153 Å². The Balaban J connectivity index is 2.15. The minimum absolute atomic E-state index is 0.326. The first-order valence-corrected chi connectivity index (χ1v) is 8.45. The van der Waals surface area contributed by atoms with Crippen molar-refractivity contribution in [2.75, 3.05) is 6.61 Å². The number of ether oxygens (including phenoxy) is 1. The van der Waals surface area contributed by atoms with Gasteiger partial charge in [-0.15, -0.1) is 0 Å². The van der Waals surface area contributed by atoms with Crippen molar-refractivity contribution < 1.29 is 19.5 Å². The van der Waals surface area contributed by atoms with Gasteiger partial charge in [0.05, 0.1) is 12.2 Å². The number of benzene rings is 2. The summed E-state index contributed by atoms with van der Waals surface area (Å²) in [5, 5.41) is 10.2. The molecule has 0 radical (unpaired) electrons. The Morgan fingerprint density at radius 1 is 1.08 bits per heavy atom. The fourth-order valence-electron chi connectivity index (χ4n) is 2.49. The van der Waals surface area contributed by atoms with Gasteiger partial charge in [0.25, 0.3) is 0 Å². The van der Waals surface area contributed by atoms with E-state index in [0.717, 1.165) is 16.7 Å². The van der Waals surface area contributed by atoms with Gasteiger partial charge in [-0.2, -0.15) is 5.06 Å². The normalized spacial score (nSPS) is 11.2. The number of rotatable bonds is 6. The molecule has 0 bridgehead atoms. The number of hydrogen-bond acceptors (Lipinski definition) is 4. The molecule has 2 aromatic carbocycles. The van der Waals surface area contributed by atoms with Gasteiger partial charge in [-0.1, -0.05) is 42.5 Å². The molecule has 0 aliphatic heterocycles. The Hall–Kier alpha value is -2.92. The van der Waals surface area contributed by atoms with Crippen molar-refractivity contribution >= 4 is 11.9 Å². The summed E-state index contributed by atoms with van der Waals surface area (Å²) in [4.78, 5) is 22.9. The molecule has 1 N–H and O–H groups in total. The van der Waals surface area contributed by atoms with Gasteiger partial charge in [0.2, 0.25) is 5.91 Å². The topological polar surface area (TPSA) is 66.8 Å². The van der Waals surface area contributed by atoms with E-state index in [1.54, 1.807) is 32.1 Å². The molecule has 0 atom stereocenters. The van der Waals surface area contributed by atoms with Crippen LogP contribution in [-0.2, 0) is 16.0 Å². The van der Waals surface area contributed by atoms with Gasteiger partial charge in [-0.3, -0.25) is 10.0 Å². The second-order valence-electron chi connectivity index (χ2n) is 5.88.